The van der Waals surface area contributed by atoms with Crippen molar-refractivity contribution in [2.45, 2.75) is 4.90 Å². The van der Waals surface area contributed by atoms with Crippen LogP contribution < -0.4 is 0 Å². The molecule has 0 aliphatic heterocycles. The van der Waals surface area contributed by atoms with E-state index in [2.05, 4.69) is 0 Å². The fraction of sp³-hybridized carbons (Fsp3) is 0.300. The van der Waals surface area contributed by atoms with Crippen molar-refractivity contribution in [1.29, 1.82) is 5.26 Å². The summed E-state index contributed by atoms with van der Waals surface area (Å²) in [6.07, 6.45) is 0. The molecule has 0 aromatic heterocycles. The van der Waals surface area contributed by atoms with Gasteiger partial charge in [0.15, 0.2) is 0 Å². The number of halogens is 1. The summed E-state index contributed by atoms with van der Waals surface area (Å²) in [5.41, 5.74) is 0.218. The summed E-state index contributed by atoms with van der Waals surface area (Å²) in [5, 5.41) is 17.5. The molecule has 1 N–H and O–H groups in total. The molecule has 0 radical (unpaired) electrons. The van der Waals surface area contributed by atoms with Gasteiger partial charge in [-0.25, -0.2) is 8.42 Å². The molecule has 0 fully saturated rings. The van der Waals surface area contributed by atoms with Gasteiger partial charge in [-0.15, -0.1) is 0 Å². The fourth-order valence-electron chi connectivity index (χ4n) is 1.19. The molecule has 0 spiro atoms. The van der Waals surface area contributed by atoms with E-state index in [4.69, 9.17) is 22.0 Å². The van der Waals surface area contributed by atoms with Gasteiger partial charge in [-0.05, 0) is 18.2 Å². The number of rotatable bonds is 4. The van der Waals surface area contributed by atoms with Crippen LogP contribution in [0.3, 0.4) is 0 Å². The van der Waals surface area contributed by atoms with Crippen molar-refractivity contribution < 1.29 is 13.5 Å². The van der Waals surface area contributed by atoms with Crippen LogP contribution in [0.25, 0.3) is 0 Å². The van der Waals surface area contributed by atoms with Gasteiger partial charge in [0.1, 0.15) is 6.07 Å². The predicted octanol–water partition coefficient (Wildman–Crippen LogP) is 0.824. The highest BCUT2D eigenvalue weighted by atomic mass is 35.5. The van der Waals surface area contributed by atoms with Gasteiger partial charge in [-0.3, -0.25) is 0 Å². The smallest absolute Gasteiger partial charge is 0.242 e. The van der Waals surface area contributed by atoms with Crippen molar-refractivity contribution >= 4 is 21.6 Å². The van der Waals surface area contributed by atoms with Crippen molar-refractivity contribution in [2.75, 3.05) is 20.2 Å². The summed E-state index contributed by atoms with van der Waals surface area (Å²) in [6, 6.07) is 5.74. The Morgan fingerprint density at radius 2 is 2.18 bits per heavy atom. The van der Waals surface area contributed by atoms with Crippen LogP contribution in [0, 0.1) is 11.3 Å². The highest BCUT2D eigenvalue weighted by Gasteiger charge is 2.21. The number of benzene rings is 1. The van der Waals surface area contributed by atoms with E-state index in [1.54, 1.807) is 0 Å². The maximum absolute atomic E-state index is 11.9. The quantitative estimate of drug-likeness (QED) is 0.881. The van der Waals surface area contributed by atoms with Crippen LogP contribution in [0.15, 0.2) is 23.1 Å². The lowest BCUT2D eigenvalue weighted by Gasteiger charge is -2.15. The fourth-order valence-corrected chi connectivity index (χ4v) is 2.66. The predicted molar refractivity (Wildman–Crippen MR) is 63.1 cm³/mol. The Bertz CT molecular complexity index is 551. The average Bonchev–Trinajstić information content (AvgIpc) is 2.29. The zero-order valence-electron chi connectivity index (χ0n) is 9.09. The first-order valence-electron chi connectivity index (χ1n) is 4.70. The van der Waals surface area contributed by atoms with Crippen LogP contribution >= 0.6 is 11.6 Å². The summed E-state index contributed by atoms with van der Waals surface area (Å²) in [4.78, 5) is -0.00236. The molecule has 1 aromatic rings. The van der Waals surface area contributed by atoms with Crippen molar-refractivity contribution in [2.24, 2.45) is 0 Å². The number of aliphatic hydroxyl groups excluding tert-OH is 1. The van der Waals surface area contributed by atoms with Crippen LogP contribution in [0.2, 0.25) is 5.02 Å². The number of hydrogen-bond acceptors (Lipinski definition) is 4. The van der Waals surface area contributed by atoms with E-state index in [1.807, 2.05) is 6.07 Å². The second-order valence-corrected chi connectivity index (χ2v) is 5.76. The number of sulfonamides is 1. The number of nitriles is 1. The molecular formula is C10H11ClN2O3S. The molecule has 0 aliphatic rings. The Morgan fingerprint density at radius 3 is 2.65 bits per heavy atom. The molecule has 0 heterocycles. The minimum Gasteiger partial charge on any atom is -0.395 e. The minimum atomic E-state index is -3.67. The molecule has 7 heteroatoms. The Morgan fingerprint density at radius 1 is 1.53 bits per heavy atom. The highest BCUT2D eigenvalue weighted by Crippen LogP contribution is 2.22. The second-order valence-electron chi connectivity index (χ2n) is 3.30. The maximum atomic E-state index is 11.9. The van der Waals surface area contributed by atoms with E-state index in [1.165, 1.54) is 25.2 Å². The molecule has 0 saturated carbocycles. The Labute approximate surface area is 105 Å². The van der Waals surface area contributed by atoms with E-state index in [9.17, 15) is 8.42 Å². The van der Waals surface area contributed by atoms with E-state index in [0.29, 0.717) is 0 Å². The Hall–Kier alpha value is -1.13. The minimum absolute atomic E-state index is 0.0000458. The number of aliphatic hydroxyl groups is 1. The largest absolute Gasteiger partial charge is 0.395 e. The summed E-state index contributed by atoms with van der Waals surface area (Å²) in [5.74, 6) is 0. The van der Waals surface area contributed by atoms with Crippen LogP contribution in [0.1, 0.15) is 5.56 Å². The van der Waals surface area contributed by atoms with Crippen LogP contribution in [0.5, 0.6) is 0 Å². The van der Waals surface area contributed by atoms with Gasteiger partial charge in [0.2, 0.25) is 10.0 Å². The van der Waals surface area contributed by atoms with Crippen molar-refractivity contribution in [3.05, 3.63) is 28.8 Å². The standard InChI is InChI=1S/C10H11ClN2O3S/c1-13(4-5-14)17(15,16)9-3-2-8(7-12)10(11)6-9/h2-3,6,14H,4-5H2,1H3. The maximum Gasteiger partial charge on any atom is 0.242 e. The molecule has 0 unspecified atom stereocenters. The van der Waals surface area contributed by atoms with Crippen LogP contribution in [0.4, 0.5) is 0 Å². The third kappa shape index (κ3) is 2.96. The van der Waals surface area contributed by atoms with E-state index in [0.717, 1.165) is 4.31 Å². The number of nitrogens with zero attached hydrogens (tertiary/aromatic N) is 2. The molecule has 0 atom stereocenters. The molecule has 0 saturated heterocycles. The lowest BCUT2D eigenvalue weighted by Crippen LogP contribution is -2.29. The highest BCUT2D eigenvalue weighted by molar-refractivity contribution is 7.89. The first-order valence-corrected chi connectivity index (χ1v) is 6.52. The zero-order valence-corrected chi connectivity index (χ0v) is 10.7. The summed E-state index contributed by atoms with van der Waals surface area (Å²) < 4.78 is 24.9. The molecular weight excluding hydrogens is 264 g/mol. The van der Waals surface area contributed by atoms with Gasteiger partial charge in [0.05, 0.1) is 22.1 Å². The van der Waals surface area contributed by atoms with Gasteiger partial charge in [-0.1, -0.05) is 11.6 Å². The summed E-state index contributed by atoms with van der Waals surface area (Å²) in [6.45, 7) is -0.264. The number of hydrogen-bond donors (Lipinski definition) is 1. The molecule has 17 heavy (non-hydrogen) atoms. The number of likely N-dealkylation sites (N-methyl/N-ethyl adjacent to an activating group) is 1. The molecule has 5 nitrogen and oxygen atoms in total. The van der Waals surface area contributed by atoms with Gasteiger partial charge in [0, 0.05) is 13.6 Å². The zero-order chi connectivity index (χ0) is 13.1. The van der Waals surface area contributed by atoms with Crippen molar-refractivity contribution in [1.82, 2.24) is 4.31 Å². The van der Waals surface area contributed by atoms with Gasteiger partial charge >= 0.3 is 0 Å². The van der Waals surface area contributed by atoms with Crippen LogP contribution in [-0.4, -0.2) is 38.0 Å². The molecule has 0 aliphatic carbocycles. The third-order valence-electron chi connectivity index (χ3n) is 2.18. The molecule has 1 aromatic carbocycles. The van der Waals surface area contributed by atoms with E-state index >= 15 is 0 Å². The average molecular weight is 275 g/mol. The Kier molecular flexibility index (Phi) is 4.48. The van der Waals surface area contributed by atoms with Gasteiger partial charge in [0.25, 0.3) is 0 Å². The van der Waals surface area contributed by atoms with E-state index < -0.39 is 10.0 Å². The SMILES string of the molecule is CN(CCO)S(=O)(=O)c1ccc(C#N)c(Cl)c1. The molecule has 0 bridgehead atoms. The lowest BCUT2D eigenvalue weighted by molar-refractivity contribution is 0.266. The third-order valence-corrected chi connectivity index (χ3v) is 4.35. The molecule has 1 rings (SSSR count). The van der Waals surface area contributed by atoms with Crippen LogP contribution in [-0.2, 0) is 10.0 Å². The second kappa shape index (κ2) is 5.47. The topological polar surface area (TPSA) is 81.4 Å². The summed E-state index contributed by atoms with van der Waals surface area (Å²) in [7, 11) is -2.31. The summed E-state index contributed by atoms with van der Waals surface area (Å²) >= 11 is 5.76. The first-order chi connectivity index (χ1) is 7.93. The van der Waals surface area contributed by atoms with Crippen molar-refractivity contribution in [3.8, 4) is 6.07 Å². The molecule has 0 amide bonds. The lowest BCUT2D eigenvalue weighted by atomic mass is 10.2. The van der Waals surface area contributed by atoms with Gasteiger partial charge < -0.3 is 5.11 Å². The monoisotopic (exact) mass is 274 g/mol. The van der Waals surface area contributed by atoms with Crippen molar-refractivity contribution in [3.63, 3.8) is 0 Å². The van der Waals surface area contributed by atoms with E-state index in [-0.39, 0.29) is 28.6 Å². The normalized spacial score (nSPS) is 11.5. The first kappa shape index (κ1) is 13.9. The molecule has 92 valence electrons. The Balaban J connectivity index is 3.18. The van der Waals surface area contributed by atoms with Gasteiger partial charge in [-0.2, -0.15) is 9.57 Å².